The molecule has 2 heterocycles. The normalized spacial score (nSPS) is 16.0. The van der Waals surface area contributed by atoms with E-state index in [1.165, 1.54) is 10.9 Å². The zero-order valence-corrected chi connectivity index (χ0v) is 22.5. The van der Waals surface area contributed by atoms with Crippen molar-refractivity contribution in [3.8, 4) is 0 Å². The summed E-state index contributed by atoms with van der Waals surface area (Å²) in [6.45, 7) is -1.52. The van der Waals surface area contributed by atoms with Gasteiger partial charge < -0.3 is 38.9 Å². The molecule has 0 fully saturated rings. The van der Waals surface area contributed by atoms with E-state index >= 15 is 0 Å². The molecule has 0 aliphatic heterocycles. The van der Waals surface area contributed by atoms with Gasteiger partial charge in [0.25, 0.3) is 0 Å². The number of nitrogens with one attached hydrogen (secondary N) is 1. The Bertz CT molecular complexity index is 1430. The first-order valence-electron chi connectivity index (χ1n) is 11.2. The molecule has 0 amide bonds. The van der Waals surface area contributed by atoms with Crippen LogP contribution in [0.2, 0.25) is 0 Å². The molecule has 5 N–H and O–H groups in total. The molecule has 0 bridgehead atoms. The lowest BCUT2D eigenvalue weighted by Gasteiger charge is -2.23. The van der Waals surface area contributed by atoms with Crippen molar-refractivity contribution in [3.63, 3.8) is 0 Å². The number of aromatic nitrogens is 4. The highest BCUT2D eigenvalue weighted by atomic mass is 31.2. The number of hydrogen-bond donors (Lipinski definition) is 5. The largest absolute Gasteiger partial charge is 0.416 e. The zero-order chi connectivity index (χ0) is 30.8. The van der Waals surface area contributed by atoms with Crippen LogP contribution in [0, 0.1) is 0 Å². The lowest BCUT2D eigenvalue weighted by molar-refractivity contribution is -0.143. The Hall–Kier alpha value is -2.63. The average Bonchev–Trinajstić information content (AvgIpc) is 3.23. The van der Waals surface area contributed by atoms with E-state index in [0.717, 1.165) is 13.4 Å². The van der Waals surface area contributed by atoms with Gasteiger partial charge in [-0.3, -0.25) is 9.13 Å². The van der Waals surface area contributed by atoms with Gasteiger partial charge in [-0.15, -0.1) is 0 Å². The molecule has 1 aromatic carbocycles. The SMILES string of the molecule is CO[C@H](COP(=O)(O)CP(=O)(O)O)[C@@H](O)Cn1cnc2c(NCc3cc(C(F)(F)F)cc(C(F)(F)F)c3)ncnc21. The fourth-order valence-corrected chi connectivity index (χ4v) is 6.14. The number of imidazole rings is 1. The van der Waals surface area contributed by atoms with Crippen molar-refractivity contribution in [2.24, 2.45) is 0 Å². The van der Waals surface area contributed by atoms with Crippen molar-refractivity contribution < 1.29 is 64.5 Å². The minimum atomic E-state index is -5.02. The van der Waals surface area contributed by atoms with Crippen molar-refractivity contribution in [1.82, 2.24) is 19.5 Å². The second-order valence-electron chi connectivity index (χ2n) is 8.64. The fraction of sp³-hybridized carbons (Fsp3) is 0.450. The summed E-state index contributed by atoms with van der Waals surface area (Å²) < 4.78 is 113. The number of nitrogens with zero attached hydrogens (tertiary/aromatic N) is 4. The standard InChI is InChI=1S/C20H23F6N5O8P2/c1-38-15(7-39-41(36,37)10-40(33,34)35)14(32)6-31-9-30-16-17(28-8-29-18(16)31)27-5-11-2-12(19(21,22)23)4-13(3-11)20(24,25)26/h2-4,8-9,14-15,32H,5-7,10H2,1H3,(H,36,37)(H,27,28,29)(H2,33,34,35)/t14-,15+/m0/s1. The molecule has 13 nitrogen and oxygen atoms in total. The molecule has 3 aromatic rings. The third kappa shape index (κ3) is 9.18. The number of halogens is 6. The van der Waals surface area contributed by atoms with E-state index in [-0.39, 0.29) is 35.2 Å². The Labute approximate surface area is 226 Å². The Morgan fingerprint density at radius 1 is 1.00 bits per heavy atom. The van der Waals surface area contributed by atoms with Gasteiger partial charge in [-0.2, -0.15) is 26.3 Å². The Morgan fingerprint density at radius 3 is 2.15 bits per heavy atom. The van der Waals surface area contributed by atoms with Gasteiger partial charge in [-0.1, -0.05) is 0 Å². The maximum atomic E-state index is 13.2. The highest BCUT2D eigenvalue weighted by molar-refractivity contribution is 7.70. The van der Waals surface area contributed by atoms with Gasteiger partial charge in [0, 0.05) is 13.7 Å². The highest BCUT2D eigenvalue weighted by Gasteiger charge is 2.37. The maximum absolute atomic E-state index is 13.2. The van der Waals surface area contributed by atoms with Gasteiger partial charge in [0.15, 0.2) is 17.4 Å². The van der Waals surface area contributed by atoms with E-state index in [9.17, 15) is 45.5 Å². The van der Waals surface area contributed by atoms with Crippen LogP contribution in [0.15, 0.2) is 30.9 Å². The number of methoxy groups -OCH3 is 1. The van der Waals surface area contributed by atoms with Crippen LogP contribution >= 0.6 is 15.2 Å². The van der Waals surface area contributed by atoms with Crippen molar-refractivity contribution in [2.75, 3.05) is 24.9 Å². The van der Waals surface area contributed by atoms with E-state index in [0.29, 0.717) is 12.1 Å². The molecular formula is C20H23F6N5O8P2. The number of benzene rings is 1. The van der Waals surface area contributed by atoms with E-state index in [1.54, 1.807) is 0 Å². The Balaban J connectivity index is 1.76. The summed E-state index contributed by atoms with van der Waals surface area (Å²) in [6, 6.07) is 1.14. The molecule has 228 valence electrons. The molecule has 0 saturated heterocycles. The van der Waals surface area contributed by atoms with E-state index in [1.807, 2.05) is 0 Å². The number of aliphatic hydroxyl groups is 1. The minimum Gasteiger partial charge on any atom is -0.388 e. The van der Waals surface area contributed by atoms with Crippen LogP contribution in [0.25, 0.3) is 11.2 Å². The number of hydrogen-bond acceptors (Lipinski definition) is 9. The van der Waals surface area contributed by atoms with Crippen molar-refractivity contribution in [1.29, 1.82) is 0 Å². The van der Waals surface area contributed by atoms with Crippen molar-refractivity contribution in [3.05, 3.63) is 47.5 Å². The molecule has 0 saturated carbocycles. The summed E-state index contributed by atoms with van der Waals surface area (Å²) in [5, 5.41) is 13.2. The molecule has 0 aliphatic rings. The molecular weight excluding hydrogens is 614 g/mol. The summed E-state index contributed by atoms with van der Waals surface area (Å²) >= 11 is 0. The number of aliphatic hydroxyl groups excluding tert-OH is 1. The first kappa shape index (κ1) is 32.9. The number of rotatable bonds is 12. The Morgan fingerprint density at radius 2 is 1.61 bits per heavy atom. The van der Waals surface area contributed by atoms with E-state index in [4.69, 9.17) is 14.5 Å². The second-order valence-corrected chi connectivity index (χ2v) is 12.6. The summed E-state index contributed by atoms with van der Waals surface area (Å²) in [5.74, 6) is -1.48. The number of alkyl halides is 6. The van der Waals surface area contributed by atoms with Gasteiger partial charge in [0.05, 0.1) is 30.6 Å². The van der Waals surface area contributed by atoms with E-state index < -0.39 is 69.9 Å². The average molecular weight is 637 g/mol. The second kappa shape index (κ2) is 12.3. The summed E-state index contributed by atoms with van der Waals surface area (Å²) in [5.41, 5.74) is -3.16. The zero-order valence-electron chi connectivity index (χ0n) is 20.7. The highest BCUT2D eigenvalue weighted by Crippen LogP contribution is 2.55. The van der Waals surface area contributed by atoms with Crippen molar-refractivity contribution in [2.45, 2.75) is 37.7 Å². The number of fused-ring (bicyclic) bond motifs is 1. The fourth-order valence-electron chi connectivity index (χ4n) is 3.57. The molecule has 2 aromatic heterocycles. The molecule has 3 atom stereocenters. The van der Waals surface area contributed by atoms with Crippen LogP contribution in [-0.4, -0.2) is 71.1 Å². The van der Waals surface area contributed by atoms with Gasteiger partial charge in [-0.25, -0.2) is 15.0 Å². The van der Waals surface area contributed by atoms with Gasteiger partial charge >= 0.3 is 27.5 Å². The van der Waals surface area contributed by atoms with Crippen LogP contribution in [0.1, 0.15) is 16.7 Å². The quantitative estimate of drug-likeness (QED) is 0.144. The summed E-state index contributed by atoms with van der Waals surface area (Å²) in [4.78, 5) is 39.3. The molecule has 0 radical (unpaired) electrons. The van der Waals surface area contributed by atoms with Crippen LogP contribution in [0.5, 0.6) is 0 Å². The summed E-state index contributed by atoms with van der Waals surface area (Å²) in [7, 11) is -8.46. The molecule has 3 rings (SSSR count). The van der Waals surface area contributed by atoms with Crippen LogP contribution in [0.3, 0.4) is 0 Å². The van der Waals surface area contributed by atoms with Gasteiger partial charge in [0.2, 0.25) is 0 Å². The predicted octanol–water partition coefficient (Wildman–Crippen LogP) is 3.19. The van der Waals surface area contributed by atoms with Crippen molar-refractivity contribution >= 4 is 32.2 Å². The molecule has 1 unspecified atom stereocenters. The predicted molar refractivity (Wildman–Crippen MR) is 129 cm³/mol. The third-order valence-corrected chi connectivity index (χ3v) is 8.88. The topological polar surface area (TPSA) is 189 Å². The summed E-state index contributed by atoms with van der Waals surface area (Å²) in [6.07, 6.45) is -10.5. The van der Waals surface area contributed by atoms with Gasteiger partial charge in [-0.05, 0) is 23.8 Å². The van der Waals surface area contributed by atoms with Crippen LogP contribution in [0.4, 0.5) is 32.2 Å². The number of anilines is 1. The first-order chi connectivity index (χ1) is 18.8. The lowest BCUT2D eigenvalue weighted by atomic mass is 10.0. The first-order valence-corrected chi connectivity index (χ1v) is 14.7. The van der Waals surface area contributed by atoms with Crippen LogP contribution < -0.4 is 5.32 Å². The van der Waals surface area contributed by atoms with E-state index in [2.05, 4.69) is 24.8 Å². The third-order valence-electron chi connectivity index (χ3n) is 5.43. The molecule has 0 aliphatic carbocycles. The smallest absolute Gasteiger partial charge is 0.388 e. The number of ether oxygens (including phenoxy) is 1. The molecule has 21 heteroatoms. The maximum Gasteiger partial charge on any atom is 0.416 e. The molecule has 41 heavy (non-hydrogen) atoms. The molecule has 0 spiro atoms. The van der Waals surface area contributed by atoms with Gasteiger partial charge in [0.1, 0.15) is 24.1 Å². The Kier molecular flexibility index (Phi) is 9.87. The van der Waals surface area contributed by atoms with Crippen LogP contribution in [-0.2, 0) is 43.8 Å². The lowest BCUT2D eigenvalue weighted by Crippen LogP contribution is -2.35. The minimum absolute atomic E-state index is 0.00863. The monoisotopic (exact) mass is 637 g/mol.